The topological polar surface area (TPSA) is 136 Å². The van der Waals surface area contributed by atoms with Gasteiger partial charge in [-0.1, -0.05) is 6.58 Å². The van der Waals surface area contributed by atoms with Gasteiger partial charge in [0.1, 0.15) is 17.8 Å². The number of alkyl halides is 3. The Morgan fingerprint density at radius 2 is 1.87 bits per heavy atom. The van der Waals surface area contributed by atoms with Crippen molar-refractivity contribution in [2.75, 3.05) is 30.4 Å². The summed E-state index contributed by atoms with van der Waals surface area (Å²) in [6.07, 6.45) is 5.63. The molecule has 12 nitrogen and oxygen atoms in total. The molecule has 0 spiro atoms. The minimum atomic E-state index is -4.49. The van der Waals surface area contributed by atoms with Gasteiger partial charge in [-0.15, -0.1) is 21.5 Å². The van der Waals surface area contributed by atoms with Crippen molar-refractivity contribution in [1.29, 1.82) is 0 Å². The van der Waals surface area contributed by atoms with Crippen LogP contribution < -0.4 is 15.5 Å². The number of piperidine rings is 1. The Kier molecular flexibility index (Phi) is 8.16. The SMILES string of the molecule is C=C([C@@H](C)C(F)(F)F)n1cnnc1-c1nc(NC(=O)c2cc(-n3cnc(C4CC4)c3)c(N3CCC(C(=O)NC)CC3)cn2)cs1. The quantitative estimate of drug-likeness (QED) is 0.268. The third-order valence-electron chi connectivity index (χ3n) is 8.21. The summed E-state index contributed by atoms with van der Waals surface area (Å²) in [6, 6.07) is 1.69. The summed E-state index contributed by atoms with van der Waals surface area (Å²) in [5.74, 6) is -1.64. The van der Waals surface area contributed by atoms with Gasteiger partial charge in [-0.3, -0.25) is 14.2 Å². The second-order valence-electron chi connectivity index (χ2n) is 11.2. The lowest BCUT2D eigenvalue weighted by molar-refractivity contribution is -0.154. The lowest BCUT2D eigenvalue weighted by Gasteiger charge is -2.33. The monoisotopic (exact) mass is 640 g/mol. The number of carbonyl (C=O) groups excluding carboxylic acids is 2. The number of thiazole rings is 1. The Hall–Kier alpha value is -4.60. The van der Waals surface area contributed by atoms with Crippen molar-refractivity contribution in [3.63, 3.8) is 0 Å². The van der Waals surface area contributed by atoms with Gasteiger partial charge >= 0.3 is 6.18 Å². The highest BCUT2D eigenvalue weighted by Gasteiger charge is 2.39. The van der Waals surface area contributed by atoms with Crippen LogP contribution in [0.1, 0.15) is 54.7 Å². The third-order valence-corrected chi connectivity index (χ3v) is 9.05. The molecule has 0 aromatic carbocycles. The van der Waals surface area contributed by atoms with Crippen molar-refractivity contribution in [3.05, 3.63) is 54.5 Å². The Morgan fingerprint density at radius 1 is 1.11 bits per heavy atom. The molecular weight excluding hydrogens is 609 g/mol. The molecule has 2 N–H and O–H groups in total. The molecule has 5 heterocycles. The van der Waals surface area contributed by atoms with Crippen molar-refractivity contribution >= 4 is 40.4 Å². The number of hydrogen-bond acceptors (Lipinski definition) is 9. The second-order valence-corrected chi connectivity index (χ2v) is 12.0. The standard InChI is InChI=1S/C29H31F3N10O2S/c1-16(29(30,31)32)17(2)42-15-36-39-25(42)28-38-24(13-45-28)37-27(44)20-10-22(41-12-21(35-14-41)18-4-5-18)23(11-34-20)40-8-6-19(7-9-40)26(43)33-3/h10-16,18-19H,2,4-9H2,1,3H3,(H,33,43)(H,37,44)/t16-/m1/s1. The Bertz CT molecular complexity index is 1730. The van der Waals surface area contributed by atoms with Crippen molar-refractivity contribution in [3.8, 4) is 16.5 Å². The molecule has 1 saturated carbocycles. The average Bonchev–Trinajstić information content (AvgIpc) is 3.38. The van der Waals surface area contributed by atoms with Gasteiger partial charge in [0.05, 0.1) is 35.5 Å². The van der Waals surface area contributed by atoms with Crippen LogP contribution >= 0.6 is 11.3 Å². The number of halogens is 3. The Balaban J connectivity index is 1.23. The number of imidazole rings is 1. The minimum absolute atomic E-state index is 0.0370. The zero-order valence-corrected chi connectivity index (χ0v) is 25.4. The molecule has 1 atom stereocenters. The summed E-state index contributed by atoms with van der Waals surface area (Å²) in [6.45, 7) is 5.90. The lowest BCUT2D eigenvalue weighted by atomic mass is 9.95. The fraction of sp³-hybridized carbons (Fsp3) is 0.414. The summed E-state index contributed by atoms with van der Waals surface area (Å²) in [5.41, 5.74) is 2.45. The van der Waals surface area contributed by atoms with E-state index in [0.29, 0.717) is 31.8 Å². The molecule has 1 aliphatic heterocycles. The van der Waals surface area contributed by atoms with Crippen LogP contribution in [0.3, 0.4) is 0 Å². The lowest BCUT2D eigenvalue weighted by Crippen LogP contribution is -2.40. The van der Waals surface area contributed by atoms with Crippen LogP contribution in [0.15, 0.2) is 43.1 Å². The molecule has 0 bridgehead atoms. The van der Waals surface area contributed by atoms with E-state index in [0.717, 1.165) is 59.1 Å². The van der Waals surface area contributed by atoms with Gasteiger partial charge < -0.3 is 20.1 Å². The van der Waals surface area contributed by atoms with Crippen molar-refractivity contribution < 1.29 is 22.8 Å². The molecule has 1 saturated heterocycles. The van der Waals surface area contributed by atoms with E-state index in [2.05, 4.69) is 47.3 Å². The van der Waals surface area contributed by atoms with Crippen LogP contribution in [-0.4, -0.2) is 72.4 Å². The molecule has 4 aromatic heterocycles. The smallest absolute Gasteiger partial charge is 0.369 e. The molecule has 2 fully saturated rings. The van der Waals surface area contributed by atoms with Crippen LogP contribution in [-0.2, 0) is 4.79 Å². The van der Waals surface area contributed by atoms with Crippen LogP contribution in [0, 0.1) is 11.8 Å². The zero-order chi connectivity index (χ0) is 31.9. The van der Waals surface area contributed by atoms with E-state index >= 15 is 0 Å². The maximum Gasteiger partial charge on any atom is 0.396 e. The molecule has 1 aliphatic carbocycles. The third kappa shape index (κ3) is 6.32. The first-order valence-electron chi connectivity index (χ1n) is 14.5. The van der Waals surface area contributed by atoms with Crippen molar-refractivity contribution in [2.24, 2.45) is 11.8 Å². The van der Waals surface area contributed by atoms with Crippen LogP contribution in [0.2, 0.25) is 0 Å². The summed E-state index contributed by atoms with van der Waals surface area (Å²) in [5, 5.41) is 15.0. The molecule has 4 aromatic rings. The number of amides is 2. The molecule has 45 heavy (non-hydrogen) atoms. The first kappa shape index (κ1) is 30.4. The van der Waals surface area contributed by atoms with E-state index in [1.165, 1.54) is 0 Å². The molecular formula is C29H31F3N10O2S. The molecule has 6 rings (SSSR count). The number of nitrogens with zero attached hydrogens (tertiary/aromatic N) is 8. The van der Waals surface area contributed by atoms with Gasteiger partial charge in [-0.2, -0.15) is 13.2 Å². The number of nitrogens with one attached hydrogen (secondary N) is 2. The van der Waals surface area contributed by atoms with E-state index in [1.807, 2.05) is 10.8 Å². The highest BCUT2D eigenvalue weighted by molar-refractivity contribution is 7.13. The highest BCUT2D eigenvalue weighted by Crippen LogP contribution is 2.40. The van der Waals surface area contributed by atoms with E-state index in [-0.39, 0.29) is 39.9 Å². The molecule has 0 unspecified atom stereocenters. The number of hydrogen-bond donors (Lipinski definition) is 2. The van der Waals surface area contributed by atoms with E-state index in [4.69, 9.17) is 0 Å². The summed E-state index contributed by atoms with van der Waals surface area (Å²) in [7, 11) is 1.64. The van der Waals surface area contributed by atoms with Crippen LogP contribution in [0.4, 0.5) is 24.7 Å². The summed E-state index contributed by atoms with van der Waals surface area (Å²) >= 11 is 1.09. The van der Waals surface area contributed by atoms with Gasteiger partial charge in [0.2, 0.25) is 5.91 Å². The predicted octanol–water partition coefficient (Wildman–Crippen LogP) is 4.74. The van der Waals surface area contributed by atoms with Gasteiger partial charge in [0.25, 0.3) is 5.91 Å². The van der Waals surface area contributed by atoms with E-state index in [1.54, 1.807) is 31.0 Å². The number of allylic oxidation sites excluding steroid dienone is 1. The normalized spacial score (nSPS) is 16.4. The summed E-state index contributed by atoms with van der Waals surface area (Å²) < 4.78 is 42.9. The molecule has 236 valence electrons. The first-order valence-corrected chi connectivity index (χ1v) is 15.4. The van der Waals surface area contributed by atoms with Crippen molar-refractivity contribution in [1.82, 2.24) is 39.6 Å². The summed E-state index contributed by atoms with van der Waals surface area (Å²) in [4.78, 5) is 41.1. The molecule has 16 heteroatoms. The number of pyridine rings is 1. The fourth-order valence-electron chi connectivity index (χ4n) is 5.26. The number of anilines is 2. The van der Waals surface area contributed by atoms with Gasteiger partial charge in [0.15, 0.2) is 10.8 Å². The predicted molar refractivity (Wildman–Crippen MR) is 162 cm³/mol. The molecule has 2 aliphatic rings. The van der Waals surface area contributed by atoms with Crippen LogP contribution in [0.25, 0.3) is 22.2 Å². The van der Waals surface area contributed by atoms with Crippen molar-refractivity contribution in [2.45, 2.75) is 44.7 Å². The maximum atomic E-state index is 13.4. The van der Waals surface area contributed by atoms with Gasteiger partial charge in [0, 0.05) is 49.2 Å². The number of rotatable bonds is 9. The van der Waals surface area contributed by atoms with E-state index in [9.17, 15) is 22.8 Å². The number of carbonyl (C=O) groups is 2. The van der Waals surface area contributed by atoms with Gasteiger partial charge in [-0.25, -0.2) is 15.0 Å². The second kappa shape index (κ2) is 12.1. The fourth-order valence-corrected chi connectivity index (χ4v) is 5.99. The largest absolute Gasteiger partial charge is 0.396 e. The maximum absolute atomic E-state index is 13.4. The Labute approximate surface area is 260 Å². The first-order chi connectivity index (χ1) is 21.5. The van der Waals surface area contributed by atoms with E-state index < -0.39 is 18.0 Å². The molecule has 2 amide bonds. The average molecular weight is 641 g/mol. The number of aromatic nitrogens is 7. The highest BCUT2D eigenvalue weighted by atomic mass is 32.1. The van der Waals surface area contributed by atoms with Gasteiger partial charge in [-0.05, 0) is 38.7 Å². The zero-order valence-electron chi connectivity index (χ0n) is 24.6. The molecule has 0 radical (unpaired) electrons. The minimum Gasteiger partial charge on any atom is -0.369 e. The van der Waals surface area contributed by atoms with Crippen LogP contribution in [0.5, 0.6) is 0 Å². The Morgan fingerprint density at radius 3 is 2.56 bits per heavy atom.